The van der Waals surface area contributed by atoms with Crippen molar-refractivity contribution in [2.75, 3.05) is 13.1 Å². The number of amides is 2. The van der Waals surface area contributed by atoms with Gasteiger partial charge in [-0.1, -0.05) is 32.4 Å². The van der Waals surface area contributed by atoms with Crippen molar-refractivity contribution in [1.29, 1.82) is 0 Å². The zero-order chi connectivity index (χ0) is 13.9. The molecule has 1 aliphatic heterocycles. The average Bonchev–Trinajstić information content (AvgIpc) is 2.24. The molecular formula is C13H22N2O3. The largest absolute Gasteiger partial charge is 0.480 e. The van der Waals surface area contributed by atoms with Gasteiger partial charge in [0.1, 0.15) is 6.04 Å². The Morgan fingerprint density at radius 1 is 1.44 bits per heavy atom. The van der Waals surface area contributed by atoms with Gasteiger partial charge in [0.25, 0.3) is 0 Å². The van der Waals surface area contributed by atoms with Gasteiger partial charge in [0, 0.05) is 13.1 Å². The summed E-state index contributed by atoms with van der Waals surface area (Å²) in [6.45, 7) is 8.62. The van der Waals surface area contributed by atoms with Crippen LogP contribution in [0.1, 0.15) is 34.1 Å². The number of nitrogens with one attached hydrogen (secondary N) is 1. The Labute approximate surface area is 108 Å². The molecule has 0 aliphatic carbocycles. The minimum Gasteiger partial charge on any atom is -0.480 e. The van der Waals surface area contributed by atoms with E-state index in [9.17, 15) is 9.59 Å². The second kappa shape index (κ2) is 5.42. The molecule has 0 fully saturated rings. The van der Waals surface area contributed by atoms with Gasteiger partial charge in [-0.3, -0.25) is 0 Å². The molecule has 0 unspecified atom stereocenters. The molecule has 2 amide bonds. The number of urea groups is 1. The molecule has 5 nitrogen and oxygen atoms in total. The van der Waals surface area contributed by atoms with E-state index in [-0.39, 0.29) is 6.03 Å². The number of nitrogens with zero attached hydrogens (tertiary/aromatic N) is 1. The van der Waals surface area contributed by atoms with Crippen LogP contribution in [0.4, 0.5) is 4.79 Å². The van der Waals surface area contributed by atoms with Gasteiger partial charge in [-0.15, -0.1) is 0 Å². The van der Waals surface area contributed by atoms with Gasteiger partial charge in [-0.2, -0.15) is 0 Å². The van der Waals surface area contributed by atoms with Gasteiger partial charge >= 0.3 is 12.0 Å². The van der Waals surface area contributed by atoms with Crippen LogP contribution in [-0.4, -0.2) is 41.1 Å². The molecule has 1 rings (SSSR count). The molecule has 0 aromatic heterocycles. The van der Waals surface area contributed by atoms with Gasteiger partial charge < -0.3 is 15.3 Å². The first-order valence-corrected chi connectivity index (χ1v) is 6.15. The van der Waals surface area contributed by atoms with Gasteiger partial charge in [0.2, 0.25) is 0 Å². The van der Waals surface area contributed by atoms with E-state index in [0.717, 1.165) is 6.42 Å². The van der Waals surface area contributed by atoms with Crippen LogP contribution in [0.25, 0.3) is 0 Å². The summed E-state index contributed by atoms with van der Waals surface area (Å²) in [4.78, 5) is 24.8. The van der Waals surface area contributed by atoms with Crippen molar-refractivity contribution >= 4 is 12.0 Å². The first kappa shape index (κ1) is 14.5. The first-order valence-electron chi connectivity index (χ1n) is 6.15. The lowest BCUT2D eigenvalue weighted by atomic mass is 9.87. The molecule has 0 saturated heterocycles. The Morgan fingerprint density at radius 2 is 2.06 bits per heavy atom. The van der Waals surface area contributed by atoms with Crippen LogP contribution in [0.5, 0.6) is 0 Å². The van der Waals surface area contributed by atoms with E-state index in [2.05, 4.69) is 5.32 Å². The molecule has 0 bridgehead atoms. The van der Waals surface area contributed by atoms with Gasteiger partial charge in [-0.25, -0.2) is 9.59 Å². The van der Waals surface area contributed by atoms with Crippen molar-refractivity contribution in [2.24, 2.45) is 5.41 Å². The lowest BCUT2D eigenvalue weighted by Crippen LogP contribution is -2.53. The molecule has 0 spiro atoms. The summed E-state index contributed by atoms with van der Waals surface area (Å²) < 4.78 is 0. The standard InChI is InChI=1S/C13H22N2O3/c1-9-5-7-15(8-6-9)12(18)14-10(11(16)17)13(2,3)4/h5,10H,6-8H2,1-4H3,(H,14,18)(H,16,17)/t10-/m0/s1. The number of carboxylic acids is 1. The maximum Gasteiger partial charge on any atom is 0.326 e. The Kier molecular flexibility index (Phi) is 4.38. The lowest BCUT2D eigenvalue weighted by Gasteiger charge is -2.32. The summed E-state index contributed by atoms with van der Waals surface area (Å²) in [5, 5.41) is 11.8. The predicted molar refractivity (Wildman–Crippen MR) is 69.4 cm³/mol. The number of carboxylic acid groups (broad SMARTS) is 1. The summed E-state index contributed by atoms with van der Waals surface area (Å²) in [5.41, 5.74) is 0.757. The maximum atomic E-state index is 12.0. The van der Waals surface area contributed by atoms with Crippen molar-refractivity contribution in [3.63, 3.8) is 0 Å². The third-order valence-electron chi connectivity index (χ3n) is 3.10. The molecule has 1 aliphatic rings. The van der Waals surface area contributed by atoms with Gasteiger partial charge in [0.05, 0.1) is 0 Å². The SMILES string of the molecule is CC1=CCN(C(=O)N[C@@H](C(=O)O)C(C)(C)C)CC1. The zero-order valence-corrected chi connectivity index (χ0v) is 11.5. The molecule has 1 heterocycles. The Bertz CT molecular complexity index is 369. The highest BCUT2D eigenvalue weighted by molar-refractivity contribution is 5.83. The van der Waals surface area contributed by atoms with Crippen molar-refractivity contribution in [3.05, 3.63) is 11.6 Å². The predicted octanol–water partition coefficient (Wildman–Crippen LogP) is 1.85. The highest BCUT2D eigenvalue weighted by atomic mass is 16.4. The molecule has 0 saturated carbocycles. The summed E-state index contributed by atoms with van der Waals surface area (Å²) in [7, 11) is 0. The Morgan fingerprint density at radius 3 is 2.44 bits per heavy atom. The number of aliphatic carboxylic acids is 1. The van der Waals surface area contributed by atoms with Crippen LogP contribution in [0.2, 0.25) is 0 Å². The van der Waals surface area contributed by atoms with Crippen LogP contribution in [0.15, 0.2) is 11.6 Å². The van der Waals surface area contributed by atoms with E-state index in [1.165, 1.54) is 5.57 Å². The fourth-order valence-corrected chi connectivity index (χ4v) is 1.82. The minimum absolute atomic E-state index is 0.305. The number of carbonyl (C=O) groups excluding carboxylic acids is 1. The molecule has 2 N–H and O–H groups in total. The first-order chi connectivity index (χ1) is 8.21. The summed E-state index contributed by atoms with van der Waals surface area (Å²) in [6.07, 6.45) is 2.84. The molecule has 102 valence electrons. The van der Waals surface area contributed by atoms with E-state index >= 15 is 0 Å². The Hall–Kier alpha value is -1.52. The Balaban J connectivity index is 2.66. The normalized spacial score (nSPS) is 18.0. The topological polar surface area (TPSA) is 69.6 Å². The smallest absolute Gasteiger partial charge is 0.326 e. The van der Waals surface area contributed by atoms with E-state index < -0.39 is 17.4 Å². The molecule has 5 heteroatoms. The second-order valence-electron chi connectivity index (χ2n) is 5.83. The van der Waals surface area contributed by atoms with E-state index in [1.54, 1.807) is 25.7 Å². The van der Waals surface area contributed by atoms with Crippen LogP contribution in [0.3, 0.4) is 0 Å². The average molecular weight is 254 g/mol. The van der Waals surface area contributed by atoms with Crippen molar-refractivity contribution in [1.82, 2.24) is 10.2 Å². The van der Waals surface area contributed by atoms with Crippen LogP contribution >= 0.6 is 0 Å². The van der Waals surface area contributed by atoms with Gasteiger partial charge in [0.15, 0.2) is 0 Å². The second-order valence-corrected chi connectivity index (χ2v) is 5.83. The summed E-state index contributed by atoms with van der Waals surface area (Å²) in [6, 6.07) is -1.18. The summed E-state index contributed by atoms with van der Waals surface area (Å²) >= 11 is 0. The third kappa shape index (κ3) is 3.75. The summed E-state index contributed by atoms with van der Waals surface area (Å²) in [5.74, 6) is -1.00. The van der Waals surface area contributed by atoms with E-state index in [1.807, 2.05) is 13.0 Å². The molecule has 0 radical (unpaired) electrons. The molecular weight excluding hydrogens is 232 g/mol. The third-order valence-corrected chi connectivity index (χ3v) is 3.10. The highest BCUT2D eigenvalue weighted by Crippen LogP contribution is 2.20. The number of rotatable bonds is 2. The molecule has 0 aromatic rings. The fourth-order valence-electron chi connectivity index (χ4n) is 1.82. The zero-order valence-electron chi connectivity index (χ0n) is 11.5. The quantitative estimate of drug-likeness (QED) is 0.739. The highest BCUT2D eigenvalue weighted by Gasteiger charge is 2.33. The van der Waals surface area contributed by atoms with Crippen molar-refractivity contribution in [3.8, 4) is 0 Å². The number of hydrogen-bond donors (Lipinski definition) is 2. The number of carbonyl (C=O) groups is 2. The van der Waals surface area contributed by atoms with Crippen LogP contribution < -0.4 is 5.32 Å². The lowest BCUT2D eigenvalue weighted by molar-refractivity contribution is -0.142. The molecule has 18 heavy (non-hydrogen) atoms. The fraction of sp³-hybridized carbons (Fsp3) is 0.692. The van der Waals surface area contributed by atoms with Crippen molar-refractivity contribution < 1.29 is 14.7 Å². The molecule has 1 atom stereocenters. The minimum atomic E-state index is -1.00. The van der Waals surface area contributed by atoms with Crippen molar-refractivity contribution in [2.45, 2.75) is 40.2 Å². The van der Waals surface area contributed by atoms with Gasteiger partial charge in [-0.05, 0) is 18.8 Å². The van der Waals surface area contributed by atoms with E-state index in [4.69, 9.17) is 5.11 Å². The van der Waals surface area contributed by atoms with Crippen LogP contribution in [0, 0.1) is 5.41 Å². The van der Waals surface area contributed by atoms with Crippen LogP contribution in [-0.2, 0) is 4.79 Å². The maximum absolute atomic E-state index is 12.0. The number of hydrogen-bond acceptors (Lipinski definition) is 2. The van der Waals surface area contributed by atoms with E-state index in [0.29, 0.717) is 13.1 Å². The molecule has 0 aromatic carbocycles. The monoisotopic (exact) mass is 254 g/mol.